The van der Waals surface area contributed by atoms with E-state index in [4.69, 9.17) is 0 Å². The summed E-state index contributed by atoms with van der Waals surface area (Å²) in [5.74, 6) is 1.77. The van der Waals surface area contributed by atoms with Crippen molar-refractivity contribution in [2.45, 2.75) is 58.0 Å². The molecule has 1 N–H and O–H groups in total. The number of aromatic nitrogens is 2. The third-order valence-corrected chi connectivity index (χ3v) is 7.43. The van der Waals surface area contributed by atoms with Gasteiger partial charge in [0.25, 0.3) is 0 Å². The predicted molar refractivity (Wildman–Crippen MR) is 102 cm³/mol. The van der Waals surface area contributed by atoms with E-state index < -0.39 is 0 Å². The molecule has 0 saturated heterocycles. The normalized spacial score (nSPS) is 24.2. The Labute approximate surface area is 151 Å². The topological polar surface area (TPSA) is 54.9 Å². The summed E-state index contributed by atoms with van der Waals surface area (Å²) >= 11 is 3.21. The van der Waals surface area contributed by atoms with Gasteiger partial charge < -0.3 is 5.32 Å². The van der Waals surface area contributed by atoms with E-state index in [2.05, 4.69) is 43.0 Å². The van der Waals surface area contributed by atoms with Crippen molar-refractivity contribution in [3.8, 4) is 0 Å². The number of nitrogens with zero attached hydrogens (tertiary/aromatic N) is 2. The van der Waals surface area contributed by atoms with Gasteiger partial charge in [0.1, 0.15) is 16.2 Å². The van der Waals surface area contributed by atoms with Gasteiger partial charge in [-0.25, -0.2) is 9.97 Å². The fourth-order valence-electron chi connectivity index (χ4n) is 3.43. The lowest BCUT2D eigenvalue weighted by Crippen LogP contribution is -2.44. The van der Waals surface area contributed by atoms with Crippen molar-refractivity contribution in [3.05, 3.63) is 16.8 Å². The molecule has 4 nitrogen and oxygen atoms in total. The average Bonchev–Trinajstić information content (AvgIpc) is 2.85. The molecule has 2 heterocycles. The third-order valence-electron chi connectivity index (χ3n) is 5.32. The van der Waals surface area contributed by atoms with Gasteiger partial charge in [0.15, 0.2) is 0 Å². The molecule has 1 amide bonds. The first-order valence-electron chi connectivity index (χ1n) is 8.60. The maximum absolute atomic E-state index is 12.4. The van der Waals surface area contributed by atoms with Crippen LogP contribution in [0.3, 0.4) is 0 Å². The van der Waals surface area contributed by atoms with Crippen molar-refractivity contribution in [1.82, 2.24) is 15.3 Å². The highest BCUT2D eigenvalue weighted by Gasteiger charge is 2.28. The van der Waals surface area contributed by atoms with E-state index in [0.29, 0.717) is 23.6 Å². The molecule has 2 aromatic rings. The zero-order valence-electron chi connectivity index (χ0n) is 14.8. The summed E-state index contributed by atoms with van der Waals surface area (Å²) in [5.41, 5.74) is 1.23. The number of thioether (sulfide) groups is 1. The first kappa shape index (κ1) is 17.7. The number of amides is 1. The number of aryl methyl sites for hydroxylation is 2. The summed E-state index contributed by atoms with van der Waals surface area (Å²) < 4.78 is 0. The van der Waals surface area contributed by atoms with Crippen LogP contribution in [0.2, 0.25) is 0 Å². The van der Waals surface area contributed by atoms with Gasteiger partial charge in [-0.15, -0.1) is 11.3 Å². The van der Waals surface area contributed by atoms with E-state index in [1.807, 2.05) is 0 Å². The number of thiophene rings is 1. The second kappa shape index (κ2) is 7.40. The molecule has 3 atom stereocenters. The van der Waals surface area contributed by atoms with E-state index in [-0.39, 0.29) is 5.91 Å². The number of carbonyl (C=O) groups excluding carboxylic acids is 1. The van der Waals surface area contributed by atoms with Crippen LogP contribution in [-0.2, 0) is 4.79 Å². The Hall–Kier alpha value is -1.14. The zero-order valence-corrected chi connectivity index (χ0v) is 16.4. The standard InChI is InChI=1S/C18H25N3OS2/c1-10-6-5-7-14(11(10)2)21-15(22)8-23-17-16-12(3)13(4)24-18(16)20-9-19-17/h9-11,14H,5-8H2,1-4H3,(H,21,22)/t10-,11-,14+/m0/s1. The minimum absolute atomic E-state index is 0.113. The fourth-order valence-corrected chi connectivity index (χ4v) is 5.36. The molecule has 24 heavy (non-hydrogen) atoms. The Morgan fingerprint density at radius 1 is 1.33 bits per heavy atom. The molecule has 1 fully saturated rings. The first-order valence-corrected chi connectivity index (χ1v) is 10.4. The van der Waals surface area contributed by atoms with Crippen LogP contribution in [0.5, 0.6) is 0 Å². The second-order valence-corrected chi connectivity index (χ2v) is 9.04. The summed E-state index contributed by atoms with van der Waals surface area (Å²) in [6.07, 6.45) is 5.19. The predicted octanol–water partition coefficient (Wildman–Crippen LogP) is 4.34. The maximum atomic E-state index is 12.4. The van der Waals surface area contributed by atoms with Crippen LogP contribution in [0.4, 0.5) is 0 Å². The van der Waals surface area contributed by atoms with Crippen LogP contribution in [0, 0.1) is 25.7 Å². The highest BCUT2D eigenvalue weighted by atomic mass is 32.2. The monoisotopic (exact) mass is 363 g/mol. The van der Waals surface area contributed by atoms with Gasteiger partial charge in [0.2, 0.25) is 5.91 Å². The molecule has 0 bridgehead atoms. The van der Waals surface area contributed by atoms with Crippen molar-refractivity contribution in [2.24, 2.45) is 11.8 Å². The third kappa shape index (κ3) is 3.59. The van der Waals surface area contributed by atoms with Gasteiger partial charge in [-0.3, -0.25) is 4.79 Å². The number of carbonyl (C=O) groups is 1. The van der Waals surface area contributed by atoms with E-state index in [1.54, 1.807) is 17.7 Å². The zero-order chi connectivity index (χ0) is 17.3. The van der Waals surface area contributed by atoms with Gasteiger partial charge >= 0.3 is 0 Å². The lowest BCUT2D eigenvalue weighted by molar-refractivity contribution is -0.119. The van der Waals surface area contributed by atoms with Crippen LogP contribution in [0.15, 0.2) is 11.4 Å². The minimum Gasteiger partial charge on any atom is -0.352 e. The number of nitrogens with one attached hydrogen (secondary N) is 1. The first-order chi connectivity index (χ1) is 11.5. The Bertz CT molecular complexity index is 743. The van der Waals surface area contributed by atoms with E-state index in [9.17, 15) is 4.79 Å². The molecule has 0 aliphatic heterocycles. The maximum Gasteiger partial charge on any atom is 0.230 e. The van der Waals surface area contributed by atoms with E-state index in [1.165, 1.54) is 35.0 Å². The molecule has 1 aliphatic rings. The van der Waals surface area contributed by atoms with Crippen molar-refractivity contribution >= 4 is 39.2 Å². The van der Waals surface area contributed by atoms with E-state index >= 15 is 0 Å². The van der Waals surface area contributed by atoms with Gasteiger partial charge in [0.05, 0.1) is 5.75 Å². The smallest absolute Gasteiger partial charge is 0.230 e. The van der Waals surface area contributed by atoms with Crippen LogP contribution in [-0.4, -0.2) is 27.7 Å². The summed E-state index contributed by atoms with van der Waals surface area (Å²) in [6.45, 7) is 8.76. The van der Waals surface area contributed by atoms with Crippen molar-refractivity contribution in [1.29, 1.82) is 0 Å². The molecule has 130 valence electrons. The molecule has 6 heteroatoms. The molecule has 1 aliphatic carbocycles. The molecule has 2 aromatic heterocycles. The van der Waals surface area contributed by atoms with Gasteiger partial charge in [-0.2, -0.15) is 0 Å². The summed E-state index contributed by atoms with van der Waals surface area (Å²) in [5, 5.41) is 5.26. The molecule has 0 spiro atoms. The number of hydrogen-bond acceptors (Lipinski definition) is 5. The molecule has 0 radical (unpaired) electrons. The van der Waals surface area contributed by atoms with Crippen LogP contribution in [0.1, 0.15) is 43.6 Å². The molecular formula is C18H25N3OS2. The Morgan fingerprint density at radius 3 is 2.92 bits per heavy atom. The average molecular weight is 364 g/mol. The SMILES string of the molecule is Cc1sc2ncnc(SCC(=O)N[C@@H]3CCC[C@H](C)[C@@H]3C)c2c1C. The van der Waals surface area contributed by atoms with Crippen molar-refractivity contribution in [2.75, 3.05) is 5.75 Å². The molecule has 3 rings (SSSR count). The van der Waals surface area contributed by atoms with Crippen LogP contribution in [0.25, 0.3) is 10.2 Å². The van der Waals surface area contributed by atoms with Gasteiger partial charge in [-0.1, -0.05) is 38.5 Å². The molecule has 0 unspecified atom stereocenters. The number of rotatable bonds is 4. The van der Waals surface area contributed by atoms with Gasteiger partial charge in [-0.05, 0) is 37.7 Å². The Morgan fingerprint density at radius 2 is 2.12 bits per heavy atom. The highest BCUT2D eigenvalue weighted by molar-refractivity contribution is 8.00. The summed E-state index contributed by atoms with van der Waals surface area (Å²) in [6, 6.07) is 0.317. The molecule has 1 saturated carbocycles. The van der Waals surface area contributed by atoms with Crippen LogP contribution >= 0.6 is 23.1 Å². The summed E-state index contributed by atoms with van der Waals surface area (Å²) in [7, 11) is 0. The van der Waals surface area contributed by atoms with Crippen molar-refractivity contribution < 1.29 is 4.79 Å². The summed E-state index contributed by atoms with van der Waals surface area (Å²) in [4.78, 5) is 23.4. The van der Waals surface area contributed by atoms with Crippen LogP contribution < -0.4 is 5.32 Å². The van der Waals surface area contributed by atoms with Gasteiger partial charge in [0, 0.05) is 16.3 Å². The molecular weight excluding hydrogens is 338 g/mol. The fraction of sp³-hybridized carbons (Fsp3) is 0.611. The Kier molecular flexibility index (Phi) is 5.45. The van der Waals surface area contributed by atoms with Crippen molar-refractivity contribution in [3.63, 3.8) is 0 Å². The minimum atomic E-state index is 0.113. The Balaban J connectivity index is 1.64. The molecule has 0 aromatic carbocycles. The lowest BCUT2D eigenvalue weighted by Gasteiger charge is -2.34. The number of fused-ring (bicyclic) bond motifs is 1. The second-order valence-electron chi connectivity index (χ2n) is 6.87. The highest BCUT2D eigenvalue weighted by Crippen LogP contribution is 2.34. The quantitative estimate of drug-likeness (QED) is 0.648. The largest absolute Gasteiger partial charge is 0.352 e. The number of hydrogen-bond donors (Lipinski definition) is 1. The lowest BCUT2D eigenvalue weighted by atomic mass is 9.78. The van der Waals surface area contributed by atoms with E-state index in [0.717, 1.165) is 21.7 Å².